The molecule has 12 heteroatoms. The predicted molar refractivity (Wildman–Crippen MR) is 144 cm³/mol. The van der Waals surface area contributed by atoms with E-state index in [1.165, 1.54) is 0 Å². The number of rotatable bonds is 25. The van der Waals surface area contributed by atoms with Crippen LogP contribution in [0.1, 0.15) is 74.5 Å². The molecule has 0 aliphatic carbocycles. The molecule has 4 N–H and O–H groups in total. The van der Waals surface area contributed by atoms with E-state index >= 15 is 0 Å². The highest BCUT2D eigenvalue weighted by atomic mass is 16.6. The molecule has 0 amide bonds. The molecule has 208 valence electrons. The second-order valence-electron chi connectivity index (χ2n) is 8.02. The summed E-state index contributed by atoms with van der Waals surface area (Å²) in [5.74, 6) is 10.0. The van der Waals surface area contributed by atoms with Gasteiger partial charge in [0, 0.05) is 6.72 Å². The van der Waals surface area contributed by atoms with Crippen LogP contribution in [-0.4, -0.2) is 65.0 Å². The van der Waals surface area contributed by atoms with Gasteiger partial charge in [-0.05, 0) is 92.7 Å². The highest BCUT2D eigenvalue weighted by Crippen LogP contribution is 2.08. The number of nitrogens with zero attached hydrogens (tertiary/aromatic N) is 4. The Bertz CT molecular complexity index is 734. The Hall–Kier alpha value is -3.06. The van der Waals surface area contributed by atoms with E-state index in [0.29, 0.717) is 39.6 Å². The molecule has 0 radical (unpaired) electrons. The van der Waals surface area contributed by atoms with Gasteiger partial charge in [0.15, 0.2) is 0 Å². The average Bonchev–Trinajstić information content (AvgIpc) is 2.91. The second-order valence-corrected chi connectivity index (χ2v) is 8.02. The monoisotopic (exact) mass is 522 g/mol. The number of unbranched alkanes of at least 4 members (excludes halogenated alkanes) is 6. The molecule has 0 aliphatic heterocycles. The standard InChI is InChI=1S/C25H42N6O6/c1-28-34-13-7-4-10-16-37-31-22-25-18-23(20-29-35-14-8-2-5-11-32-26)17-24(19-25)21-30-36-15-9-3-6-12-33-27/h17-22H,1-16,26-27H2/b29-20-,30-21-,31-22+. The van der Waals surface area contributed by atoms with E-state index in [4.69, 9.17) is 31.1 Å². The third-order valence-electron chi connectivity index (χ3n) is 4.89. The molecule has 0 saturated heterocycles. The lowest BCUT2D eigenvalue weighted by Crippen LogP contribution is -2.01. The molecule has 12 nitrogen and oxygen atoms in total. The average molecular weight is 523 g/mol. The van der Waals surface area contributed by atoms with E-state index < -0.39 is 0 Å². The van der Waals surface area contributed by atoms with Gasteiger partial charge in [0.25, 0.3) is 0 Å². The van der Waals surface area contributed by atoms with Crippen LogP contribution >= 0.6 is 0 Å². The van der Waals surface area contributed by atoms with Gasteiger partial charge in [0.1, 0.15) is 26.4 Å². The van der Waals surface area contributed by atoms with Gasteiger partial charge in [-0.1, -0.05) is 15.5 Å². The maximum atomic E-state index is 5.37. The van der Waals surface area contributed by atoms with Gasteiger partial charge in [-0.15, -0.1) is 5.16 Å². The van der Waals surface area contributed by atoms with Crippen molar-refractivity contribution in [2.75, 3.05) is 39.6 Å². The minimum Gasteiger partial charge on any atom is -0.396 e. The van der Waals surface area contributed by atoms with Crippen molar-refractivity contribution in [2.24, 2.45) is 32.4 Å². The fraction of sp³-hybridized carbons (Fsp3) is 0.600. The molecule has 0 aliphatic rings. The molecule has 1 rings (SSSR count). The summed E-state index contributed by atoms with van der Waals surface area (Å²) in [6.07, 6.45) is 13.1. The summed E-state index contributed by atoms with van der Waals surface area (Å²) in [4.78, 5) is 30.0. The fourth-order valence-corrected chi connectivity index (χ4v) is 3.01. The molecular weight excluding hydrogens is 480 g/mol. The predicted octanol–water partition coefficient (Wildman–Crippen LogP) is 3.66. The normalized spacial score (nSPS) is 11.5. The van der Waals surface area contributed by atoms with Crippen molar-refractivity contribution in [2.45, 2.75) is 57.8 Å². The summed E-state index contributed by atoms with van der Waals surface area (Å²) >= 11 is 0. The minimum atomic E-state index is 0.518. The first-order valence-electron chi connectivity index (χ1n) is 12.6. The van der Waals surface area contributed by atoms with Crippen molar-refractivity contribution in [1.82, 2.24) is 0 Å². The van der Waals surface area contributed by atoms with Gasteiger partial charge < -0.3 is 29.0 Å². The molecule has 0 fully saturated rings. The molecule has 1 aromatic rings. The van der Waals surface area contributed by atoms with Crippen molar-refractivity contribution in [1.29, 1.82) is 0 Å². The zero-order valence-electron chi connectivity index (χ0n) is 21.7. The molecular formula is C25H42N6O6. The van der Waals surface area contributed by atoms with Gasteiger partial charge in [-0.25, -0.2) is 11.8 Å². The maximum Gasteiger partial charge on any atom is 0.117 e. The van der Waals surface area contributed by atoms with Crippen LogP contribution in [0.5, 0.6) is 0 Å². The molecule has 37 heavy (non-hydrogen) atoms. The smallest absolute Gasteiger partial charge is 0.117 e. The van der Waals surface area contributed by atoms with E-state index in [1.807, 2.05) is 18.2 Å². The van der Waals surface area contributed by atoms with E-state index in [1.54, 1.807) is 18.6 Å². The van der Waals surface area contributed by atoms with Gasteiger partial charge in [-0.2, -0.15) is 0 Å². The lowest BCUT2D eigenvalue weighted by molar-refractivity contribution is 0.120. The van der Waals surface area contributed by atoms with E-state index in [2.05, 4.69) is 37.0 Å². The molecule has 1 aromatic carbocycles. The second kappa shape index (κ2) is 24.6. The Morgan fingerprint density at radius 1 is 0.514 bits per heavy atom. The molecule has 0 bridgehead atoms. The Balaban J connectivity index is 2.58. The lowest BCUT2D eigenvalue weighted by Gasteiger charge is -2.03. The zero-order valence-corrected chi connectivity index (χ0v) is 21.7. The summed E-state index contributed by atoms with van der Waals surface area (Å²) < 4.78 is 0. The van der Waals surface area contributed by atoms with E-state index in [9.17, 15) is 0 Å². The first kappa shape index (κ1) is 32.0. The van der Waals surface area contributed by atoms with Crippen molar-refractivity contribution in [3.05, 3.63) is 34.9 Å². The van der Waals surface area contributed by atoms with Gasteiger partial charge in [0.2, 0.25) is 0 Å². The molecule has 0 saturated carbocycles. The van der Waals surface area contributed by atoms with Crippen LogP contribution in [0.15, 0.2) is 38.8 Å². The number of nitrogens with two attached hydrogens (primary N) is 2. The van der Waals surface area contributed by atoms with Crippen LogP contribution < -0.4 is 11.8 Å². The van der Waals surface area contributed by atoms with Crippen LogP contribution in [0.3, 0.4) is 0 Å². The van der Waals surface area contributed by atoms with E-state index in [-0.39, 0.29) is 0 Å². The summed E-state index contributed by atoms with van der Waals surface area (Å²) in [6.45, 7) is 6.48. The highest BCUT2D eigenvalue weighted by molar-refractivity contribution is 5.91. The Kier molecular flexibility index (Phi) is 21.3. The quantitative estimate of drug-likeness (QED) is 0.112. The van der Waals surface area contributed by atoms with Gasteiger partial charge in [0.05, 0.1) is 31.9 Å². The Morgan fingerprint density at radius 3 is 1.16 bits per heavy atom. The largest absolute Gasteiger partial charge is 0.396 e. The Labute approximate surface area is 219 Å². The molecule has 0 unspecified atom stereocenters. The summed E-state index contributed by atoms with van der Waals surface area (Å²) in [5.41, 5.74) is 2.50. The summed E-state index contributed by atoms with van der Waals surface area (Å²) in [7, 11) is 0. The van der Waals surface area contributed by atoms with E-state index in [0.717, 1.165) is 74.5 Å². The van der Waals surface area contributed by atoms with Crippen molar-refractivity contribution < 1.29 is 29.0 Å². The summed E-state index contributed by atoms with van der Waals surface area (Å²) in [6, 6.07) is 5.78. The fourth-order valence-electron chi connectivity index (χ4n) is 3.01. The van der Waals surface area contributed by atoms with Crippen LogP contribution in [0.4, 0.5) is 0 Å². The number of hydrogen-bond acceptors (Lipinski definition) is 12. The first-order valence-corrected chi connectivity index (χ1v) is 12.6. The topological polar surface area (TPSA) is 157 Å². The van der Waals surface area contributed by atoms with Crippen LogP contribution in [0.25, 0.3) is 0 Å². The van der Waals surface area contributed by atoms with Crippen molar-refractivity contribution in [3.8, 4) is 0 Å². The number of oxime groups is 4. The third kappa shape index (κ3) is 19.8. The highest BCUT2D eigenvalue weighted by Gasteiger charge is 1.99. The van der Waals surface area contributed by atoms with Crippen LogP contribution in [0, 0.1) is 0 Å². The van der Waals surface area contributed by atoms with Gasteiger partial charge in [-0.3, -0.25) is 0 Å². The third-order valence-corrected chi connectivity index (χ3v) is 4.89. The van der Waals surface area contributed by atoms with Crippen molar-refractivity contribution in [3.63, 3.8) is 0 Å². The lowest BCUT2D eigenvalue weighted by atomic mass is 10.1. The van der Waals surface area contributed by atoms with Crippen molar-refractivity contribution >= 4 is 25.4 Å². The first-order chi connectivity index (χ1) is 18.3. The zero-order chi connectivity index (χ0) is 26.7. The molecule has 0 atom stereocenters. The minimum absolute atomic E-state index is 0.518. The van der Waals surface area contributed by atoms with Crippen LogP contribution in [-0.2, 0) is 29.0 Å². The molecule has 0 heterocycles. The summed E-state index contributed by atoms with van der Waals surface area (Å²) in [5, 5.41) is 15.6. The number of hydrogen-bond donors (Lipinski definition) is 2. The number of benzene rings is 1. The Morgan fingerprint density at radius 2 is 0.838 bits per heavy atom. The van der Waals surface area contributed by atoms with Gasteiger partial charge >= 0.3 is 0 Å². The maximum absolute atomic E-state index is 5.37. The van der Waals surface area contributed by atoms with Crippen LogP contribution in [0.2, 0.25) is 0 Å². The molecule has 0 spiro atoms. The molecule has 0 aromatic heterocycles. The SMILES string of the molecule is C=NOCCCCCO/N=C/c1cc(/C=N\OCCCCCON)cc(/C=N\OCCCCCON)c1.